The van der Waals surface area contributed by atoms with Crippen LogP contribution in [0, 0.1) is 5.92 Å². The third-order valence-electron chi connectivity index (χ3n) is 4.35. The van der Waals surface area contributed by atoms with Crippen molar-refractivity contribution in [3.05, 3.63) is 29.8 Å². The zero-order valence-electron chi connectivity index (χ0n) is 12.5. The summed E-state index contributed by atoms with van der Waals surface area (Å²) in [6.45, 7) is 8.54. The molecular formula is C17H27NO. The van der Waals surface area contributed by atoms with Crippen molar-refractivity contribution >= 4 is 0 Å². The van der Waals surface area contributed by atoms with Gasteiger partial charge in [-0.3, -0.25) is 0 Å². The van der Waals surface area contributed by atoms with Gasteiger partial charge in [-0.15, -0.1) is 0 Å². The molecule has 0 aliphatic carbocycles. The number of hydrogen-bond donors (Lipinski definition) is 1. The van der Waals surface area contributed by atoms with Crippen molar-refractivity contribution in [2.45, 2.75) is 52.0 Å². The molecule has 2 heteroatoms. The number of benzene rings is 1. The van der Waals surface area contributed by atoms with Crippen LogP contribution in [0.15, 0.2) is 24.3 Å². The Balaban J connectivity index is 2.27. The molecule has 1 aromatic carbocycles. The molecule has 1 heterocycles. The maximum Gasteiger partial charge on any atom is 0.119 e. The van der Waals surface area contributed by atoms with Gasteiger partial charge in [-0.05, 0) is 49.9 Å². The zero-order chi connectivity index (χ0) is 13.7. The van der Waals surface area contributed by atoms with Crippen LogP contribution in [0.25, 0.3) is 0 Å². The summed E-state index contributed by atoms with van der Waals surface area (Å²) >= 11 is 0. The molecule has 2 rings (SSSR count). The molecule has 1 unspecified atom stereocenters. The third-order valence-corrected chi connectivity index (χ3v) is 4.35. The highest BCUT2D eigenvalue weighted by atomic mass is 16.5. The van der Waals surface area contributed by atoms with Crippen molar-refractivity contribution in [2.75, 3.05) is 13.2 Å². The second-order valence-electron chi connectivity index (χ2n) is 5.82. The van der Waals surface area contributed by atoms with Crippen molar-refractivity contribution in [3.63, 3.8) is 0 Å². The van der Waals surface area contributed by atoms with Crippen LogP contribution < -0.4 is 10.1 Å². The number of nitrogens with one attached hydrogen (secondary N) is 1. The zero-order valence-corrected chi connectivity index (χ0v) is 12.5. The Kier molecular flexibility index (Phi) is 4.87. The summed E-state index contributed by atoms with van der Waals surface area (Å²) in [4.78, 5) is 0. The van der Waals surface area contributed by atoms with Crippen LogP contribution in [0.1, 0.15) is 52.0 Å². The molecule has 1 aromatic rings. The molecule has 2 nitrogen and oxygen atoms in total. The first-order valence-corrected chi connectivity index (χ1v) is 7.67. The van der Waals surface area contributed by atoms with E-state index in [-0.39, 0.29) is 5.54 Å². The third kappa shape index (κ3) is 3.11. The average Bonchev–Trinajstić information content (AvgIpc) is 2.66. The topological polar surface area (TPSA) is 21.3 Å². The lowest BCUT2D eigenvalue weighted by Gasteiger charge is -2.38. The minimum absolute atomic E-state index is 0.140. The van der Waals surface area contributed by atoms with Crippen LogP contribution in [-0.2, 0) is 5.54 Å². The van der Waals surface area contributed by atoms with E-state index < -0.39 is 0 Å². The molecule has 1 fully saturated rings. The Morgan fingerprint density at radius 3 is 2.53 bits per heavy atom. The molecule has 0 spiro atoms. The summed E-state index contributed by atoms with van der Waals surface area (Å²) in [5, 5.41) is 3.82. The Hall–Kier alpha value is -1.02. The van der Waals surface area contributed by atoms with Gasteiger partial charge in [0.1, 0.15) is 5.75 Å². The fourth-order valence-corrected chi connectivity index (χ4v) is 3.19. The number of hydrogen-bond acceptors (Lipinski definition) is 2. The Bertz CT molecular complexity index is 375. The molecule has 0 amide bonds. The van der Waals surface area contributed by atoms with E-state index in [4.69, 9.17) is 4.74 Å². The smallest absolute Gasteiger partial charge is 0.119 e. The van der Waals surface area contributed by atoms with Crippen LogP contribution >= 0.6 is 0 Å². The van der Waals surface area contributed by atoms with Gasteiger partial charge >= 0.3 is 0 Å². The largest absolute Gasteiger partial charge is 0.494 e. The van der Waals surface area contributed by atoms with Gasteiger partial charge in [-0.25, -0.2) is 0 Å². The lowest BCUT2D eigenvalue weighted by Crippen LogP contribution is -2.46. The van der Waals surface area contributed by atoms with Gasteiger partial charge in [0.25, 0.3) is 0 Å². The van der Waals surface area contributed by atoms with E-state index >= 15 is 0 Å². The van der Waals surface area contributed by atoms with Crippen LogP contribution in [0.5, 0.6) is 5.75 Å². The Morgan fingerprint density at radius 1 is 1.16 bits per heavy atom. The molecule has 0 aromatic heterocycles. The van der Waals surface area contributed by atoms with Gasteiger partial charge in [0.2, 0.25) is 0 Å². The summed E-state index contributed by atoms with van der Waals surface area (Å²) < 4.78 is 5.55. The van der Waals surface area contributed by atoms with Gasteiger partial charge in [0.05, 0.1) is 6.61 Å². The second kappa shape index (κ2) is 6.42. The Morgan fingerprint density at radius 2 is 1.89 bits per heavy atom. The molecule has 0 radical (unpaired) electrons. The summed E-state index contributed by atoms with van der Waals surface area (Å²) in [7, 11) is 0. The van der Waals surface area contributed by atoms with E-state index in [1.54, 1.807) is 0 Å². The maximum absolute atomic E-state index is 5.55. The van der Waals surface area contributed by atoms with Crippen molar-refractivity contribution in [1.29, 1.82) is 0 Å². The Labute approximate surface area is 117 Å². The summed E-state index contributed by atoms with van der Waals surface area (Å²) in [5.41, 5.74) is 1.55. The van der Waals surface area contributed by atoms with Crippen LogP contribution in [0.4, 0.5) is 0 Å². The van der Waals surface area contributed by atoms with E-state index in [0.29, 0.717) is 5.92 Å². The lowest BCUT2D eigenvalue weighted by molar-refractivity contribution is 0.230. The minimum atomic E-state index is 0.140. The molecule has 1 aliphatic heterocycles. The molecule has 0 bridgehead atoms. The van der Waals surface area contributed by atoms with E-state index in [0.717, 1.165) is 18.9 Å². The molecule has 1 atom stereocenters. The van der Waals surface area contributed by atoms with Crippen LogP contribution in [0.2, 0.25) is 0 Å². The lowest BCUT2D eigenvalue weighted by atomic mass is 9.76. The SMILES string of the molecule is CCOc1ccc(C2(C(C)C)CCCCCN2)cc1. The summed E-state index contributed by atoms with van der Waals surface area (Å²) in [6.07, 6.45) is 5.20. The summed E-state index contributed by atoms with van der Waals surface area (Å²) in [5.74, 6) is 1.57. The van der Waals surface area contributed by atoms with Gasteiger partial charge in [0, 0.05) is 5.54 Å². The van der Waals surface area contributed by atoms with E-state index in [9.17, 15) is 0 Å². The predicted molar refractivity (Wildman–Crippen MR) is 80.6 cm³/mol. The molecule has 106 valence electrons. The van der Waals surface area contributed by atoms with Crippen molar-refractivity contribution < 1.29 is 4.74 Å². The minimum Gasteiger partial charge on any atom is -0.494 e. The van der Waals surface area contributed by atoms with E-state index in [1.165, 1.54) is 31.2 Å². The van der Waals surface area contributed by atoms with Crippen molar-refractivity contribution in [1.82, 2.24) is 5.32 Å². The fourth-order valence-electron chi connectivity index (χ4n) is 3.19. The fraction of sp³-hybridized carbons (Fsp3) is 0.647. The van der Waals surface area contributed by atoms with Gasteiger partial charge in [-0.2, -0.15) is 0 Å². The van der Waals surface area contributed by atoms with Gasteiger partial charge in [0.15, 0.2) is 0 Å². The standard InChI is InChI=1S/C17H27NO/c1-4-19-16-10-8-15(9-11-16)17(14(2)3)12-6-5-7-13-18-17/h8-11,14,18H,4-7,12-13H2,1-3H3. The highest BCUT2D eigenvalue weighted by molar-refractivity contribution is 5.32. The van der Waals surface area contributed by atoms with Gasteiger partial charge in [-0.1, -0.05) is 38.8 Å². The molecule has 1 N–H and O–H groups in total. The van der Waals surface area contributed by atoms with E-state index in [1.807, 2.05) is 6.92 Å². The van der Waals surface area contributed by atoms with Crippen molar-refractivity contribution in [2.24, 2.45) is 5.92 Å². The molecule has 1 aliphatic rings. The number of ether oxygens (including phenoxy) is 1. The second-order valence-corrected chi connectivity index (χ2v) is 5.82. The first kappa shape index (κ1) is 14.4. The quantitative estimate of drug-likeness (QED) is 0.881. The monoisotopic (exact) mass is 261 g/mol. The average molecular weight is 261 g/mol. The van der Waals surface area contributed by atoms with Crippen LogP contribution in [-0.4, -0.2) is 13.2 Å². The van der Waals surface area contributed by atoms with Crippen LogP contribution in [0.3, 0.4) is 0 Å². The van der Waals surface area contributed by atoms with Crippen molar-refractivity contribution in [3.8, 4) is 5.75 Å². The molecule has 0 saturated carbocycles. The normalized spacial score (nSPS) is 24.2. The molecular weight excluding hydrogens is 234 g/mol. The van der Waals surface area contributed by atoms with E-state index in [2.05, 4.69) is 43.4 Å². The molecule has 19 heavy (non-hydrogen) atoms. The predicted octanol–water partition coefficient (Wildman–Crippen LogP) is 4.10. The molecule has 1 saturated heterocycles. The van der Waals surface area contributed by atoms with Gasteiger partial charge < -0.3 is 10.1 Å². The highest BCUT2D eigenvalue weighted by Gasteiger charge is 2.35. The number of rotatable bonds is 4. The highest BCUT2D eigenvalue weighted by Crippen LogP contribution is 2.37. The first-order chi connectivity index (χ1) is 9.19. The summed E-state index contributed by atoms with van der Waals surface area (Å²) in [6, 6.07) is 8.69. The first-order valence-electron chi connectivity index (χ1n) is 7.67. The maximum atomic E-state index is 5.55.